The van der Waals surface area contributed by atoms with Crippen molar-refractivity contribution in [3.63, 3.8) is 0 Å². The van der Waals surface area contributed by atoms with Crippen LogP contribution in [0.15, 0.2) is 42.7 Å². The van der Waals surface area contributed by atoms with Gasteiger partial charge in [0.15, 0.2) is 5.78 Å². The van der Waals surface area contributed by atoms with E-state index in [1.807, 2.05) is 25.2 Å². The molecular formula is C13H16O2. The third-order valence-corrected chi connectivity index (χ3v) is 2.30. The Morgan fingerprint density at radius 3 is 2.73 bits per heavy atom. The number of hydrogen-bond donors (Lipinski definition) is 0. The van der Waals surface area contributed by atoms with Crippen LogP contribution in [0.1, 0.15) is 19.8 Å². The Balaban J connectivity index is 2.71. The number of carbonyl (C=O) groups is 1. The van der Waals surface area contributed by atoms with Gasteiger partial charge in [-0.15, -0.1) is 5.73 Å². The number of ketones is 1. The van der Waals surface area contributed by atoms with Crippen LogP contribution in [0.5, 0.6) is 0 Å². The molecule has 0 aromatic rings. The van der Waals surface area contributed by atoms with Gasteiger partial charge in [-0.1, -0.05) is 6.58 Å². The van der Waals surface area contributed by atoms with Gasteiger partial charge in [-0.25, -0.2) is 0 Å². The molecule has 0 aliphatic heterocycles. The van der Waals surface area contributed by atoms with E-state index in [4.69, 9.17) is 4.74 Å². The Bertz CT molecular complexity index is 314. The number of rotatable bonds is 5. The van der Waals surface area contributed by atoms with E-state index in [9.17, 15) is 4.79 Å². The molecule has 80 valence electrons. The summed E-state index contributed by atoms with van der Waals surface area (Å²) in [5.41, 5.74) is 2.31. The van der Waals surface area contributed by atoms with Crippen molar-refractivity contribution in [2.75, 3.05) is 6.61 Å². The van der Waals surface area contributed by atoms with Crippen LogP contribution >= 0.6 is 0 Å². The lowest BCUT2D eigenvalue weighted by atomic mass is 9.92. The Morgan fingerprint density at radius 1 is 1.53 bits per heavy atom. The monoisotopic (exact) mass is 204 g/mol. The predicted molar refractivity (Wildman–Crippen MR) is 60.6 cm³/mol. The van der Waals surface area contributed by atoms with E-state index in [-0.39, 0.29) is 5.78 Å². The smallest absolute Gasteiger partial charge is 0.178 e. The quantitative estimate of drug-likeness (QED) is 0.643. The van der Waals surface area contributed by atoms with E-state index in [0.717, 1.165) is 12.8 Å². The van der Waals surface area contributed by atoms with Crippen LogP contribution in [-0.2, 0) is 9.53 Å². The molecule has 1 aliphatic carbocycles. The molecule has 2 heteroatoms. The maximum Gasteiger partial charge on any atom is 0.178 e. The highest BCUT2D eigenvalue weighted by Gasteiger charge is 2.25. The van der Waals surface area contributed by atoms with Gasteiger partial charge in [0, 0.05) is 6.61 Å². The lowest BCUT2D eigenvalue weighted by Crippen LogP contribution is -2.30. The van der Waals surface area contributed by atoms with Crippen LogP contribution < -0.4 is 0 Å². The first kappa shape index (κ1) is 11.7. The molecule has 15 heavy (non-hydrogen) atoms. The maximum absolute atomic E-state index is 11.0. The minimum absolute atomic E-state index is 0.0181. The molecule has 0 heterocycles. The van der Waals surface area contributed by atoms with Gasteiger partial charge in [-0.2, -0.15) is 0 Å². The molecule has 0 bridgehead atoms. The first-order valence-corrected chi connectivity index (χ1v) is 5.13. The van der Waals surface area contributed by atoms with Crippen LogP contribution in [0.2, 0.25) is 0 Å². The molecule has 0 spiro atoms. The first-order chi connectivity index (χ1) is 7.22. The first-order valence-electron chi connectivity index (χ1n) is 5.13. The molecular weight excluding hydrogens is 188 g/mol. The number of carbonyl (C=O) groups excluding carboxylic acids is 1. The van der Waals surface area contributed by atoms with Gasteiger partial charge in [0.1, 0.15) is 5.60 Å². The third-order valence-electron chi connectivity index (χ3n) is 2.30. The van der Waals surface area contributed by atoms with Crippen LogP contribution in [-0.4, -0.2) is 18.0 Å². The number of allylic oxidation sites excluding steroid dienone is 3. The van der Waals surface area contributed by atoms with Gasteiger partial charge < -0.3 is 4.74 Å². The van der Waals surface area contributed by atoms with E-state index in [1.165, 1.54) is 0 Å². The Hall–Kier alpha value is -1.37. The normalized spacial score (nSPS) is 17.5. The second-order valence-electron chi connectivity index (χ2n) is 3.40. The van der Waals surface area contributed by atoms with Crippen LogP contribution in [0.4, 0.5) is 0 Å². The summed E-state index contributed by atoms with van der Waals surface area (Å²) in [6.45, 7) is 6.09. The number of hydrogen-bond acceptors (Lipinski definition) is 2. The second-order valence-corrected chi connectivity index (χ2v) is 3.40. The molecule has 0 N–H and O–H groups in total. The van der Waals surface area contributed by atoms with Gasteiger partial charge >= 0.3 is 0 Å². The van der Waals surface area contributed by atoms with Crippen LogP contribution in [0.3, 0.4) is 0 Å². The van der Waals surface area contributed by atoms with Crippen molar-refractivity contribution in [1.29, 1.82) is 0 Å². The molecule has 1 rings (SSSR count). The van der Waals surface area contributed by atoms with E-state index < -0.39 is 5.60 Å². The largest absolute Gasteiger partial charge is 0.367 e. The van der Waals surface area contributed by atoms with Gasteiger partial charge in [0.25, 0.3) is 0 Å². The van der Waals surface area contributed by atoms with Crippen molar-refractivity contribution in [1.82, 2.24) is 0 Å². The highest BCUT2D eigenvalue weighted by molar-refractivity contribution is 6.00. The van der Waals surface area contributed by atoms with E-state index in [2.05, 4.69) is 12.3 Å². The molecule has 0 fully saturated rings. The van der Waals surface area contributed by atoms with Gasteiger partial charge in [-0.05, 0) is 50.1 Å². The fourth-order valence-electron chi connectivity index (χ4n) is 1.56. The zero-order valence-electron chi connectivity index (χ0n) is 9.03. The summed E-state index contributed by atoms with van der Waals surface area (Å²) in [6, 6.07) is 0. The summed E-state index contributed by atoms with van der Waals surface area (Å²) in [5.74, 6) is 0.0181. The predicted octanol–water partition coefficient (Wildman–Crippen LogP) is 2.58. The second kappa shape index (κ2) is 5.50. The zero-order chi connectivity index (χ0) is 11.1. The van der Waals surface area contributed by atoms with Crippen molar-refractivity contribution in [3.8, 4) is 0 Å². The Kier molecular flexibility index (Phi) is 4.29. The molecule has 0 aromatic heterocycles. The summed E-state index contributed by atoms with van der Waals surface area (Å²) in [6.07, 6.45) is 10.3. The molecule has 0 saturated heterocycles. The molecule has 1 aliphatic rings. The van der Waals surface area contributed by atoms with Crippen molar-refractivity contribution >= 4 is 5.78 Å². The highest BCUT2D eigenvalue weighted by Crippen LogP contribution is 2.25. The summed E-state index contributed by atoms with van der Waals surface area (Å²) in [4.78, 5) is 11.0. The minimum atomic E-state index is -0.421. The van der Waals surface area contributed by atoms with Gasteiger partial charge in [-0.3, -0.25) is 4.79 Å². The average Bonchev–Trinajstić information content (AvgIpc) is 2.23. The molecule has 0 atom stereocenters. The van der Waals surface area contributed by atoms with Crippen molar-refractivity contribution < 1.29 is 9.53 Å². The van der Waals surface area contributed by atoms with Gasteiger partial charge in [0.05, 0.1) is 0 Å². The van der Waals surface area contributed by atoms with E-state index in [0.29, 0.717) is 6.61 Å². The van der Waals surface area contributed by atoms with Crippen molar-refractivity contribution in [2.45, 2.75) is 25.4 Å². The Labute approximate surface area is 90.6 Å². The molecule has 0 unspecified atom stereocenters. The molecule has 0 aromatic carbocycles. The standard InChI is InChI=1S/C13H16O2/c1-3-5-6-9-13(15-4-2)10-7-12(14)8-11-13/h5,7-8,10-11H,1,4,6,9H2,2H3. The summed E-state index contributed by atoms with van der Waals surface area (Å²) < 4.78 is 5.67. The maximum atomic E-state index is 11.0. The van der Waals surface area contributed by atoms with Crippen molar-refractivity contribution in [2.24, 2.45) is 0 Å². The topological polar surface area (TPSA) is 26.3 Å². The highest BCUT2D eigenvalue weighted by atomic mass is 16.5. The third kappa shape index (κ3) is 3.35. The summed E-state index contributed by atoms with van der Waals surface area (Å²) in [7, 11) is 0. The Morgan fingerprint density at radius 2 is 2.20 bits per heavy atom. The number of ether oxygens (including phenoxy) is 1. The summed E-state index contributed by atoms with van der Waals surface area (Å²) in [5, 5.41) is 0. The molecule has 0 radical (unpaired) electrons. The minimum Gasteiger partial charge on any atom is -0.367 e. The van der Waals surface area contributed by atoms with E-state index in [1.54, 1.807) is 12.2 Å². The summed E-state index contributed by atoms with van der Waals surface area (Å²) >= 11 is 0. The lowest BCUT2D eigenvalue weighted by molar-refractivity contribution is -0.110. The van der Waals surface area contributed by atoms with Crippen molar-refractivity contribution in [3.05, 3.63) is 42.7 Å². The zero-order valence-corrected chi connectivity index (χ0v) is 9.03. The SMILES string of the molecule is C=C=CCCC1(OCC)C=CC(=O)C=C1. The fourth-order valence-corrected chi connectivity index (χ4v) is 1.56. The van der Waals surface area contributed by atoms with Gasteiger partial charge in [0.2, 0.25) is 0 Å². The van der Waals surface area contributed by atoms with Crippen LogP contribution in [0, 0.1) is 0 Å². The van der Waals surface area contributed by atoms with Crippen LogP contribution in [0.25, 0.3) is 0 Å². The van der Waals surface area contributed by atoms with E-state index >= 15 is 0 Å². The molecule has 2 nitrogen and oxygen atoms in total. The average molecular weight is 204 g/mol. The fraction of sp³-hybridized carbons (Fsp3) is 0.385. The molecule has 0 saturated carbocycles. The lowest BCUT2D eigenvalue weighted by Gasteiger charge is -2.28. The molecule has 0 amide bonds.